The van der Waals surface area contributed by atoms with Gasteiger partial charge in [0.05, 0.1) is 37.8 Å². The predicted octanol–water partition coefficient (Wildman–Crippen LogP) is 0.969. The SMILES string of the molecule is COC(=O)[C@H](CCC(=O)NCCOC(C)(C)OCCNC(=O)CCN1C(=O)C=CC1=O)NC(=O)c1ccc(N(Cc2ccc3nc(N)[nH]c(=O)c3c2)C(=O)C(F)(F)F)cc1. The summed E-state index contributed by atoms with van der Waals surface area (Å²) >= 11 is 0. The fourth-order valence-electron chi connectivity index (χ4n) is 5.68. The van der Waals surface area contributed by atoms with E-state index < -0.39 is 65.6 Å². The van der Waals surface area contributed by atoms with Gasteiger partial charge in [-0.05, 0) is 62.2 Å². The summed E-state index contributed by atoms with van der Waals surface area (Å²) in [5, 5.41) is 7.70. The standard InChI is InChI=1S/C38H43F3N8O11/c1-37(2,60-19-16-44-29(51)14-17-48-30(52)12-13-31(48)53)59-18-15-43-28(50)11-10-27(34(56)58-3)45-32(54)23-5-7-24(8-6-23)49(35(57)38(39,40)41)21-22-4-9-26-25(20-22)33(55)47-36(42)46-26/h4-9,12-13,20,27H,10-11,14-19,21H2,1-3H3,(H,43,50)(H,44,51)(H,45,54)(H3,42,46,47,55)/t27-/m0/s1. The Morgan fingerprint density at radius 2 is 1.50 bits per heavy atom. The molecule has 60 heavy (non-hydrogen) atoms. The van der Waals surface area contributed by atoms with Crippen LogP contribution in [0.1, 0.15) is 49.0 Å². The molecule has 1 atom stereocenters. The number of benzene rings is 2. The third kappa shape index (κ3) is 13.2. The van der Waals surface area contributed by atoms with Crippen LogP contribution in [0.5, 0.6) is 0 Å². The summed E-state index contributed by atoms with van der Waals surface area (Å²) in [5.41, 5.74) is 4.95. The first kappa shape index (κ1) is 46.0. The van der Waals surface area contributed by atoms with Gasteiger partial charge in [0.2, 0.25) is 17.8 Å². The number of methoxy groups -OCH3 is 1. The van der Waals surface area contributed by atoms with Crippen molar-refractivity contribution in [3.8, 4) is 0 Å². The number of amides is 6. The van der Waals surface area contributed by atoms with Crippen LogP contribution in [0, 0.1) is 0 Å². The first-order valence-electron chi connectivity index (χ1n) is 18.3. The van der Waals surface area contributed by atoms with Crippen molar-refractivity contribution in [1.82, 2.24) is 30.8 Å². The lowest BCUT2D eigenvalue weighted by Crippen LogP contribution is -2.42. The number of fused-ring (bicyclic) bond motifs is 1. The van der Waals surface area contributed by atoms with Crippen molar-refractivity contribution >= 4 is 64.0 Å². The largest absolute Gasteiger partial charge is 0.471 e. The van der Waals surface area contributed by atoms with Gasteiger partial charge in [-0.3, -0.25) is 43.4 Å². The molecule has 0 saturated carbocycles. The van der Waals surface area contributed by atoms with E-state index in [2.05, 4.69) is 25.9 Å². The minimum absolute atomic E-state index is 0.0191. The molecule has 1 aliphatic rings. The molecule has 19 nitrogen and oxygen atoms in total. The summed E-state index contributed by atoms with van der Waals surface area (Å²) in [6.07, 6.45) is -3.50. The van der Waals surface area contributed by atoms with Crippen LogP contribution < -0.4 is 32.1 Å². The molecule has 0 aliphatic carbocycles. The molecule has 0 saturated heterocycles. The van der Waals surface area contributed by atoms with Gasteiger partial charge < -0.3 is 40.8 Å². The van der Waals surface area contributed by atoms with Crippen molar-refractivity contribution in [2.75, 3.05) is 50.6 Å². The van der Waals surface area contributed by atoms with E-state index in [1.807, 2.05) is 0 Å². The highest BCUT2D eigenvalue weighted by molar-refractivity contribution is 6.13. The van der Waals surface area contributed by atoms with Crippen LogP contribution in [0.2, 0.25) is 0 Å². The number of aromatic nitrogens is 2. The number of nitrogens with one attached hydrogen (secondary N) is 4. The number of carbonyl (C=O) groups excluding carboxylic acids is 7. The average Bonchev–Trinajstić information content (AvgIpc) is 3.52. The first-order chi connectivity index (χ1) is 28.3. The van der Waals surface area contributed by atoms with Gasteiger partial charge in [0, 0.05) is 55.9 Å². The van der Waals surface area contributed by atoms with Crippen molar-refractivity contribution in [2.45, 2.75) is 57.7 Å². The van der Waals surface area contributed by atoms with Crippen molar-refractivity contribution in [3.63, 3.8) is 0 Å². The molecule has 2 heterocycles. The number of imide groups is 1. The number of hydrogen-bond acceptors (Lipinski definition) is 13. The number of halogens is 3. The van der Waals surface area contributed by atoms with Gasteiger partial charge in [0.15, 0.2) is 5.79 Å². The first-order valence-corrected chi connectivity index (χ1v) is 18.3. The quantitative estimate of drug-likeness (QED) is 0.0460. The number of H-pyrrole nitrogens is 1. The molecule has 2 aromatic carbocycles. The number of hydrogen-bond donors (Lipinski definition) is 5. The number of aromatic amines is 1. The van der Waals surface area contributed by atoms with Gasteiger partial charge in [-0.1, -0.05) is 6.07 Å². The van der Waals surface area contributed by atoms with Crippen molar-refractivity contribution in [1.29, 1.82) is 0 Å². The van der Waals surface area contributed by atoms with Crippen molar-refractivity contribution < 1.29 is 60.9 Å². The zero-order valence-corrected chi connectivity index (χ0v) is 32.7. The Morgan fingerprint density at radius 3 is 2.08 bits per heavy atom. The fraction of sp³-hybridized carbons (Fsp3) is 0.395. The van der Waals surface area contributed by atoms with Gasteiger partial charge in [0.1, 0.15) is 6.04 Å². The molecule has 0 fully saturated rings. The second kappa shape index (κ2) is 20.3. The third-order valence-electron chi connectivity index (χ3n) is 8.72. The van der Waals surface area contributed by atoms with Gasteiger partial charge in [-0.2, -0.15) is 13.2 Å². The zero-order valence-electron chi connectivity index (χ0n) is 32.7. The highest BCUT2D eigenvalue weighted by atomic mass is 19.4. The molecule has 22 heteroatoms. The highest BCUT2D eigenvalue weighted by Crippen LogP contribution is 2.27. The molecule has 0 unspecified atom stereocenters. The number of nitrogens with two attached hydrogens (primary N) is 1. The molecule has 4 rings (SSSR count). The van der Waals surface area contributed by atoms with Crippen LogP contribution in [0.3, 0.4) is 0 Å². The van der Waals surface area contributed by atoms with E-state index in [-0.39, 0.29) is 91.7 Å². The second-order valence-corrected chi connectivity index (χ2v) is 13.5. The maximum absolute atomic E-state index is 13.7. The number of rotatable bonds is 20. The van der Waals surface area contributed by atoms with E-state index in [0.717, 1.165) is 48.4 Å². The van der Waals surface area contributed by atoms with Crippen LogP contribution in [-0.4, -0.2) is 114 Å². The average molecular weight is 845 g/mol. The summed E-state index contributed by atoms with van der Waals surface area (Å²) in [5.74, 6) is -6.99. The zero-order chi connectivity index (χ0) is 44.2. The van der Waals surface area contributed by atoms with Crippen LogP contribution >= 0.6 is 0 Å². The van der Waals surface area contributed by atoms with Gasteiger partial charge in [0.25, 0.3) is 23.3 Å². The van der Waals surface area contributed by atoms with Crippen LogP contribution in [0.25, 0.3) is 10.9 Å². The lowest BCUT2D eigenvalue weighted by atomic mass is 10.1. The van der Waals surface area contributed by atoms with E-state index in [1.165, 1.54) is 18.2 Å². The monoisotopic (exact) mass is 844 g/mol. The van der Waals surface area contributed by atoms with Crippen molar-refractivity contribution in [3.05, 3.63) is 76.1 Å². The number of anilines is 2. The molecule has 0 radical (unpaired) electrons. The number of nitrogen functional groups attached to an aromatic ring is 1. The molecule has 322 valence electrons. The van der Waals surface area contributed by atoms with Crippen LogP contribution in [0.15, 0.2) is 59.4 Å². The Balaban J connectivity index is 1.23. The van der Waals surface area contributed by atoms with E-state index in [0.29, 0.717) is 4.90 Å². The minimum Gasteiger partial charge on any atom is -0.467 e. The summed E-state index contributed by atoms with van der Waals surface area (Å²) in [4.78, 5) is 106. The summed E-state index contributed by atoms with van der Waals surface area (Å²) in [6.45, 7) is 2.85. The molecule has 1 aliphatic heterocycles. The van der Waals surface area contributed by atoms with Crippen LogP contribution in [0.4, 0.5) is 24.8 Å². The molecular weight excluding hydrogens is 801 g/mol. The Morgan fingerprint density at radius 1 is 0.900 bits per heavy atom. The maximum atomic E-state index is 13.7. The molecule has 0 spiro atoms. The Kier molecular flexibility index (Phi) is 15.6. The van der Waals surface area contributed by atoms with E-state index >= 15 is 0 Å². The maximum Gasteiger partial charge on any atom is 0.471 e. The van der Waals surface area contributed by atoms with E-state index in [4.69, 9.17) is 19.9 Å². The molecular formula is C38H43F3N8O11. The molecule has 6 amide bonds. The Hall–Kier alpha value is -6.68. The normalized spacial score (nSPS) is 13.3. The predicted molar refractivity (Wildman–Crippen MR) is 205 cm³/mol. The summed E-state index contributed by atoms with van der Waals surface area (Å²) in [7, 11) is 1.08. The van der Waals surface area contributed by atoms with Gasteiger partial charge in [-0.15, -0.1) is 0 Å². The Labute approximate surface area is 339 Å². The number of esters is 1. The smallest absolute Gasteiger partial charge is 0.467 e. The summed E-state index contributed by atoms with van der Waals surface area (Å²) in [6, 6.07) is 7.24. The number of alkyl halides is 3. The second-order valence-electron chi connectivity index (χ2n) is 13.5. The number of ether oxygens (including phenoxy) is 3. The topological polar surface area (TPSA) is 262 Å². The lowest BCUT2D eigenvalue weighted by Gasteiger charge is -2.26. The minimum atomic E-state index is -5.27. The third-order valence-corrected chi connectivity index (χ3v) is 8.72. The highest BCUT2D eigenvalue weighted by Gasteiger charge is 2.43. The molecule has 6 N–H and O–H groups in total. The van der Waals surface area contributed by atoms with E-state index in [1.54, 1.807) is 13.8 Å². The van der Waals surface area contributed by atoms with Gasteiger partial charge >= 0.3 is 18.1 Å². The Bertz CT molecular complexity index is 2170. The fourth-order valence-corrected chi connectivity index (χ4v) is 5.68. The van der Waals surface area contributed by atoms with Crippen molar-refractivity contribution in [2.24, 2.45) is 0 Å². The lowest BCUT2D eigenvalue weighted by molar-refractivity contribution is -0.211. The number of carbonyl (C=O) groups is 7. The van der Waals surface area contributed by atoms with Crippen LogP contribution in [-0.2, 0) is 49.5 Å². The molecule has 1 aromatic heterocycles. The van der Waals surface area contributed by atoms with Gasteiger partial charge in [-0.25, -0.2) is 9.78 Å². The molecule has 3 aromatic rings. The van der Waals surface area contributed by atoms with E-state index in [9.17, 15) is 51.5 Å². The molecule has 0 bridgehead atoms. The number of nitrogens with zero attached hydrogens (tertiary/aromatic N) is 3. The summed E-state index contributed by atoms with van der Waals surface area (Å²) < 4.78 is 57.0.